The number of aryl methyl sites for hydroxylation is 1. The first-order valence-corrected chi connectivity index (χ1v) is 8.64. The van der Waals surface area contributed by atoms with Gasteiger partial charge in [-0.1, -0.05) is 42.0 Å². The molecule has 2 aromatic carbocycles. The van der Waals surface area contributed by atoms with Gasteiger partial charge in [0, 0.05) is 23.2 Å². The van der Waals surface area contributed by atoms with Gasteiger partial charge in [-0.15, -0.1) is 0 Å². The van der Waals surface area contributed by atoms with Gasteiger partial charge in [0.05, 0.1) is 5.69 Å². The summed E-state index contributed by atoms with van der Waals surface area (Å²) in [6.45, 7) is 2.07. The zero-order valence-corrected chi connectivity index (χ0v) is 14.4. The lowest BCUT2D eigenvalue weighted by molar-refractivity contribution is -0.117. The van der Waals surface area contributed by atoms with Gasteiger partial charge < -0.3 is 5.32 Å². The van der Waals surface area contributed by atoms with Crippen molar-refractivity contribution in [2.45, 2.75) is 19.3 Å². The molecule has 2 N–H and O–H groups in total. The number of amides is 1. The summed E-state index contributed by atoms with van der Waals surface area (Å²) in [4.78, 5) is 23.7. The third-order valence-electron chi connectivity index (χ3n) is 4.70. The Morgan fingerprint density at radius 1 is 1.12 bits per heavy atom. The number of aromatic nitrogens is 2. The highest BCUT2D eigenvalue weighted by Gasteiger charge is 2.43. The number of carbonyl (C=O) groups is 1. The maximum Gasteiger partial charge on any atom is 0.264 e. The number of benzene rings is 2. The Hall–Kier alpha value is -3.21. The van der Waals surface area contributed by atoms with Gasteiger partial charge in [0.25, 0.3) is 5.56 Å². The molecule has 0 radical (unpaired) electrons. The van der Waals surface area contributed by atoms with Crippen LogP contribution in [0.3, 0.4) is 0 Å². The van der Waals surface area contributed by atoms with E-state index in [0.717, 1.165) is 17.7 Å². The zero-order chi connectivity index (χ0) is 18.1. The van der Waals surface area contributed by atoms with Crippen molar-refractivity contribution in [1.82, 2.24) is 10.2 Å². The lowest BCUT2D eigenvalue weighted by Crippen LogP contribution is -2.14. The van der Waals surface area contributed by atoms with Gasteiger partial charge in [-0.2, -0.15) is 5.10 Å². The number of nitrogens with zero attached hydrogens (tertiary/aromatic N) is 1. The normalized spacial score (nSPS) is 18.3. The van der Waals surface area contributed by atoms with Crippen LogP contribution in [0.25, 0.3) is 11.3 Å². The molecular formula is C21H19N3O2. The fraction of sp³-hybridized carbons (Fsp3) is 0.190. The highest BCUT2D eigenvalue weighted by atomic mass is 16.2. The Morgan fingerprint density at radius 2 is 1.96 bits per heavy atom. The van der Waals surface area contributed by atoms with Crippen LogP contribution in [-0.4, -0.2) is 16.1 Å². The number of H-pyrrole nitrogens is 1. The molecule has 4 rings (SSSR count). The number of anilines is 1. The van der Waals surface area contributed by atoms with Crippen LogP contribution >= 0.6 is 0 Å². The Balaban J connectivity index is 1.46. The topological polar surface area (TPSA) is 74.8 Å². The molecule has 1 aliphatic rings. The fourth-order valence-corrected chi connectivity index (χ4v) is 3.25. The summed E-state index contributed by atoms with van der Waals surface area (Å²) in [7, 11) is 0. The highest BCUT2D eigenvalue weighted by molar-refractivity contribution is 5.95. The molecule has 2 atom stereocenters. The predicted octanol–water partition coefficient (Wildman–Crippen LogP) is 3.49. The smallest absolute Gasteiger partial charge is 0.264 e. The predicted molar refractivity (Wildman–Crippen MR) is 101 cm³/mol. The van der Waals surface area contributed by atoms with E-state index in [-0.39, 0.29) is 17.4 Å². The van der Waals surface area contributed by atoms with Crippen molar-refractivity contribution in [2.24, 2.45) is 5.92 Å². The van der Waals surface area contributed by atoms with Crippen molar-refractivity contribution in [1.29, 1.82) is 0 Å². The molecule has 1 saturated carbocycles. The fourth-order valence-electron chi connectivity index (χ4n) is 3.25. The van der Waals surface area contributed by atoms with Gasteiger partial charge in [0.15, 0.2) is 0 Å². The summed E-state index contributed by atoms with van der Waals surface area (Å²) in [6.07, 6.45) is 0.885. The summed E-state index contributed by atoms with van der Waals surface area (Å²) < 4.78 is 0. The van der Waals surface area contributed by atoms with E-state index in [1.165, 1.54) is 17.2 Å². The molecule has 0 aliphatic heterocycles. The molecule has 1 amide bonds. The van der Waals surface area contributed by atoms with E-state index < -0.39 is 0 Å². The second-order valence-corrected chi connectivity index (χ2v) is 6.74. The minimum absolute atomic E-state index is 0.0201. The van der Waals surface area contributed by atoms with E-state index in [2.05, 4.69) is 40.6 Å². The van der Waals surface area contributed by atoms with Gasteiger partial charge in [0.2, 0.25) is 5.91 Å². The molecule has 130 valence electrons. The molecule has 5 nitrogen and oxygen atoms in total. The Kier molecular flexibility index (Phi) is 4.13. The summed E-state index contributed by atoms with van der Waals surface area (Å²) >= 11 is 0. The summed E-state index contributed by atoms with van der Waals surface area (Å²) in [5, 5.41) is 9.45. The second-order valence-electron chi connectivity index (χ2n) is 6.74. The van der Waals surface area contributed by atoms with E-state index in [1.54, 1.807) is 6.07 Å². The van der Waals surface area contributed by atoms with Crippen LogP contribution in [0.5, 0.6) is 0 Å². The summed E-state index contributed by atoms with van der Waals surface area (Å²) in [6, 6.07) is 18.9. The van der Waals surface area contributed by atoms with Gasteiger partial charge in [0.1, 0.15) is 0 Å². The summed E-state index contributed by atoms with van der Waals surface area (Å²) in [5.74, 6) is 0.369. The lowest BCUT2D eigenvalue weighted by atomic mass is 10.1. The van der Waals surface area contributed by atoms with Crippen molar-refractivity contribution in [3.05, 3.63) is 82.1 Å². The first-order chi connectivity index (χ1) is 12.6. The van der Waals surface area contributed by atoms with E-state index >= 15 is 0 Å². The van der Waals surface area contributed by atoms with Crippen LogP contribution in [0.15, 0.2) is 65.5 Å². The number of carbonyl (C=O) groups excluding carboxylic acids is 1. The lowest BCUT2D eigenvalue weighted by Gasteiger charge is -2.07. The van der Waals surface area contributed by atoms with Crippen LogP contribution in [0, 0.1) is 12.8 Å². The average Bonchev–Trinajstić information content (AvgIpc) is 3.44. The Bertz CT molecular complexity index is 1010. The number of hydrogen-bond donors (Lipinski definition) is 2. The highest BCUT2D eigenvalue weighted by Crippen LogP contribution is 2.48. The molecule has 1 aliphatic carbocycles. The largest absolute Gasteiger partial charge is 0.326 e. The second kappa shape index (κ2) is 6.59. The number of hydrogen-bond acceptors (Lipinski definition) is 3. The van der Waals surface area contributed by atoms with Crippen LogP contribution in [0.4, 0.5) is 5.69 Å². The Morgan fingerprint density at radius 3 is 2.73 bits per heavy atom. The number of rotatable bonds is 4. The van der Waals surface area contributed by atoms with Crippen LogP contribution in [0.2, 0.25) is 0 Å². The third-order valence-corrected chi connectivity index (χ3v) is 4.70. The quantitative estimate of drug-likeness (QED) is 0.760. The summed E-state index contributed by atoms with van der Waals surface area (Å²) in [5.41, 5.74) is 4.44. The third kappa shape index (κ3) is 3.42. The Labute approximate surface area is 151 Å². The maximum absolute atomic E-state index is 12.6. The molecule has 1 aromatic heterocycles. The van der Waals surface area contributed by atoms with E-state index in [9.17, 15) is 9.59 Å². The first-order valence-electron chi connectivity index (χ1n) is 8.64. The van der Waals surface area contributed by atoms with Crippen molar-refractivity contribution in [3.8, 4) is 11.3 Å². The number of aromatic amines is 1. The van der Waals surface area contributed by atoms with Gasteiger partial charge in [-0.3, -0.25) is 9.59 Å². The van der Waals surface area contributed by atoms with Crippen molar-refractivity contribution in [2.75, 3.05) is 5.32 Å². The SMILES string of the molecule is Cc1cccc([C@@H]2C[C@H]2C(=O)Nc2cccc(-c3ccc(=O)[nH]n3)c2)c1. The zero-order valence-electron chi connectivity index (χ0n) is 14.4. The molecule has 5 heteroatoms. The molecule has 26 heavy (non-hydrogen) atoms. The molecule has 1 heterocycles. The molecule has 0 saturated heterocycles. The number of nitrogens with one attached hydrogen (secondary N) is 2. The van der Waals surface area contributed by atoms with E-state index in [4.69, 9.17) is 0 Å². The van der Waals surface area contributed by atoms with Gasteiger partial charge in [-0.25, -0.2) is 5.10 Å². The minimum Gasteiger partial charge on any atom is -0.326 e. The molecule has 1 fully saturated rings. The average molecular weight is 345 g/mol. The van der Waals surface area contributed by atoms with Crippen molar-refractivity contribution in [3.63, 3.8) is 0 Å². The molecule has 0 unspecified atom stereocenters. The van der Waals surface area contributed by atoms with E-state index in [1.807, 2.05) is 30.3 Å². The van der Waals surface area contributed by atoms with Gasteiger partial charge in [-0.05, 0) is 43.0 Å². The van der Waals surface area contributed by atoms with Crippen LogP contribution < -0.4 is 10.9 Å². The van der Waals surface area contributed by atoms with E-state index in [0.29, 0.717) is 11.6 Å². The van der Waals surface area contributed by atoms with Crippen molar-refractivity contribution < 1.29 is 4.79 Å². The first kappa shape index (κ1) is 16.3. The monoisotopic (exact) mass is 345 g/mol. The van der Waals surface area contributed by atoms with Crippen LogP contribution in [-0.2, 0) is 4.79 Å². The minimum atomic E-state index is -0.242. The molecule has 0 spiro atoms. The van der Waals surface area contributed by atoms with Crippen molar-refractivity contribution >= 4 is 11.6 Å². The molecule has 0 bridgehead atoms. The van der Waals surface area contributed by atoms with Gasteiger partial charge >= 0.3 is 0 Å². The standard InChI is InChI=1S/C21H19N3O2/c1-13-4-2-5-14(10-13)17-12-18(17)21(26)22-16-7-3-6-15(11-16)19-8-9-20(25)24-23-19/h2-11,17-18H,12H2,1H3,(H,22,26)(H,24,25)/t17-,18+/m0/s1. The van der Waals surface area contributed by atoms with Crippen LogP contribution in [0.1, 0.15) is 23.5 Å². The molecule has 3 aromatic rings. The molecular weight excluding hydrogens is 326 g/mol. The maximum atomic E-state index is 12.6.